The molecule has 7 heteroatoms. The van der Waals surface area contributed by atoms with Crippen LogP contribution < -0.4 is 9.47 Å². The predicted octanol–water partition coefficient (Wildman–Crippen LogP) is 1.92. The Labute approximate surface area is 111 Å². The topological polar surface area (TPSA) is 61.8 Å². The van der Waals surface area contributed by atoms with Crippen molar-refractivity contribution in [2.24, 2.45) is 0 Å². The second-order valence-electron chi connectivity index (χ2n) is 3.55. The molecule has 1 aromatic carbocycles. The van der Waals surface area contributed by atoms with Crippen molar-refractivity contribution < 1.29 is 22.6 Å². The molecule has 102 valence electrons. The lowest BCUT2D eigenvalue weighted by Gasteiger charge is -2.15. The normalized spacial score (nSPS) is 11.3. The summed E-state index contributed by atoms with van der Waals surface area (Å²) in [6.07, 6.45) is 0. The minimum atomic E-state index is -3.69. The van der Waals surface area contributed by atoms with E-state index >= 15 is 0 Å². The summed E-state index contributed by atoms with van der Waals surface area (Å²) >= 11 is 0. The third-order valence-electron chi connectivity index (χ3n) is 2.36. The molecule has 1 aromatic rings. The maximum absolute atomic E-state index is 11.3. The molecular formula is C11H15ClO5S. The average molecular weight is 295 g/mol. The Bertz CT molecular complexity index is 512. The maximum atomic E-state index is 11.3. The first-order chi connectivity index (χ1) is 8.42. The van der Waals surface area contributed by atoms with E-state index in [4.69, 9.17) is 24.9 Å². The van der Waals surface area contributed by atoms with E-state index in [-0.39, 0.29) is 12.4 Å². The lowest BCUT2D eigenvalue weighted by Crippen LogP contribution is -2.05. The highest BCUT2D eigenvalue weighted by Crippen LogP contribution is 2.35. The fraction of sp³-hybridized carbons (Fsp3) is 0.455. The third-order valence-corrected chi connectivity index (χ3v) is 3.32. The molecule has 0 aliphatic rings. The minimum Gasteiger partial charge on any atom is -0.493 e. The monoisotopic (exact) mass is 294 g/mol. The van der Waals surface area contributed by atoms with Gasteiger partial charge >= 0.3 is 0 Å². The molecule has 0 aromatic heterocycles. The van der Waals surface area contributed by atoms with Crippen molar-refractivity contribution in [2.75, 3.05) is 21.3 Å². The van der Waals surface area contributed by atoms with Gasteiger partial charge in [0.1, 0.15) is 0 Å². The molecule has 0 fully saturated rings. The van der Waals surface area contributed by atoms with Crippen molar-refractivity contribution >= 4 is 19.7 Å². The number of methoxy groups -OCH3 is 3. The van der Waals surface area contributed by atoms with E-state index in [0.29, 0.717) is 22.6 Å². The minimum absolute atomic E-state index is 0.266. The molecule has 5 nitrogen and oxygen atoms in total. The summed E-state index contributed by atoms with van der Waals surface area (Å²) in [5, 5.41) is 0. The molecule has 0 amide bonds. The van der Waals surface area contributed by atoms with E-state index in [9.17, 15) is 8.42 Å². The van der Waals surface area contributed by atoms with Crippen LogP contribution in [-0.4, -0.2) is 29.7 Å². The first-order valence-corrected chi connectivity index (χ1v) is 7.54. The molecule has 0 aliphatic carbocycles. The van der Waals surface area contributed by atoms with Crippen molar-refractivity contribution in [3.05, 3.63) is 23.3 Å². The van der Waals surface area contributed by atoms with Gasteiger partial charge in [-0.3, -0.25) is 0 Å². The quantitative estimate of drug-likeness (QED) is 0.750. The van der Waals surface area contributed by atoms with Gasteiger partial charge in [0.25, 0.3) is 0 Å². The van der Waals surface area contributed by atoms with Crippen LogP contribution in [0.1, 0.15) is 11.1 Å². The average Bonchev–Trinajstić information content (AvgIpc) is 2.29. The Kier molecular flexibility index (Phi) is 5.25. The molecule has 0 unspecified atom stereocenters. The number of benzene rings is 1. The first-order valence-electron chi connectivity index (χ1n) is 5.07. The van der Waals surface area contributed by atoms with Crippen LogP contribution in [0.2, 0.25) is 0 Å². The van der Waals surface area contributed by atoms with Gasteiger partial charge in [0, 0.05) is 23.4 Å². The lowest BCUT2D eigenvalue weighted by molar-refractivity contribution is 0.184. The summed E-state index contributed by atoms with van der Waals surface area (Å²) in [5.74, 6) is 0.470. The highest BCUT2D eigenvalue weighted by Gasteiger charge is 2.19. The Hall–Kier alpha value is -0.980. The lowest BCUT2D eigenvalue weighted by atomic mass is 10.1. The van der Waals surface area contributed by atoms with E-state index in [2.05, 4.69) is 0 Å². The second kappa shape index (κ2) is 6.26. The van der Waals surface area contributed by atoms with Crippen LogP contribution >= 0.6 is 10.7 Å². The van der Waals surface area contributed by atoms with E-state index in [1.54, 1.807) is 12.1 Å². The number of ether oxygens (including phenoxy) is 3. The van der Waals surface area contributed by atoms with Crippen molar-refractivity contribution in [1.29, 1.82) is 0 Å². The number of rotatable bonds is 6. The third kappa shape index (κ3) is 3.76. The van der Waals surface area contributed by atoms with Crippen molar-refractivity contribution in [3.63, 3.8) is 0 Å². The second-order valence-corrected chi connectivity index (χ2v) is 6.33. The Morgan fingerprint density at radius 1 is 1.17 bits per heavy atom. The molecule has 0 atom stereocenters. The predicted molar refractivity (Wildman–Crippen MR) is 68.7 cm³/mol. The Morgan fingerprint density at radius 3 is 2.28 bits per heavy atom. The maximum Gasteiger partial charge on any atom is 0.236 e. The van der Waals surface area contributed by atoms with Gasteiger partial charge in [-0.15, -0.1) is 0 Å². The molecule has 18 heavy (non-hydrogen) atoms. The van der Waals surface area contributed by atoms with Crippen LogP contribution in [0.15, 0.2) is 12.1 Å². The van der Waals surface area contributed by atoms with Gasteiger partial charge in [0.05, 0.1) is 26.6 Å². The van der Waals surface area contributed by atoms with E-state index in [1.807, 2.05) is 0 Å². The zero-order valence-corrected chi connectivity index (χ0v) is 12.0. The van der Waals surface area contributed by atoms with Crippen LogP contribution in [-0.2, 0) is 26.1 Å². The van der Waals surface area contributed by atoms with Gasteiger partial charge in [-0.05, 0) is 11.6 Å². The molecule has 0 bridgehead atoms. The van der Waals surface area contributed by atoms with Crippen LogP contribution in [0.3, 0.4) is 0 Å². The van der Waals surface area contributed by atoms with Gasteiger partial charge in [0.15, 0.2) is 11.5 Å². The fourth-order valence-corrected chi connectivity index (χ4v) is 2.64. The van der Waals surface area contributed by atoms with Gasteiger partial charge in [0.2, 0.25) is 9.05 Å². The smallest absolute Gasteiger partial charge is 0.236 e. The summed E-state index contributed by atoms with van der Waals surface area (Å²) in [6, 6.07) is 3.42. The molecule has 0 aliphatic heterocycles. The summed E-state index contributed by atoms with van der Waals surface area (Å²) in [6.45, 7) is 0.266. The van der Waals surface area contributed by atoms with Gasteiger partial charge < -0.3 is 14.2 Å². The molecule has 0 saturated carbocycles. The summed E-state index contributed by atoms with van der Waals surface area (Å²) in [7, 11) is 6.05. The standard InChI is InChI=1S/C11H15ClO5S/c1-15-6-8-4-5-10(16-2)11(17-3)9(8)7-18(12,13)14/h4-5H,6-7H2,1-3H3. The highest BCUT2D eigenvalue weighted by atomic mass is 35.7. The van der Waals surface area contributed by atoms with Crippen molar-refractivity contribution in [1.82, 2.24) is 0 Å². The number of hydrogen-bond acceptors (Lipinski definition) is 5. The molecule has 0 radical (unpaired) electrons. The molecule has 0 saturated heterocycles. The summed E-state index contributed by atoms with van der Waals surface area (Å²) in [4.78, 5) is 0. The van der Waals surface area contributed by atoms with Gasteiger partial charge in [-0.1, -0.05) is 6.07 Å². The van der Waals surface area contributed by atoms with Crippen molar-refractivity contribution in [2.45, 2.75) is 12.4 Å². The summed E-state index contributed by atoms with van der Waals surface area (Å²) in [5.41, 5.74) is 1.15. The van der Waals surface area contributed by atoms with Crippen LogP contribution in [0.25, 0.3) is 0 Å². The molecule has 0 N–H and O–H groups in total. The molecular weight excluding hydrogens is 280 g/mol. The first kappa shape index (κ1) is 15.1. The van der Waals surface area contributed by atoms with Crippen LogP contribution in [0.5, 0.6) is 11.5 Å². The van der Waals surface area contributed by atoms with Crippen LogP contribution in [0, 0.1) is 0 Å². The summed E-state index contributed by atoms with van der Waals surface area (Å²) < 4.78 is 37.8. The fourth-order valence-electron chi connectivity index (χ4n) is 1.65. The molecule has 1 rings (SSSR count). The zero-order chi connectivity index (χ0) is 13.8. The number of hydrogen-bond donors (Lipinski definition) is 0. The van der Waals surface area contributed by atoms with Gasteiger partial charge in [-0.2, -0.15) is 0 Å². The number of halogens is 1. The highest BCUT2D eigenvalue weighted by molar-refractivity contribution is 8.13. The van der Waals surface area contributed by atoms with E-state index < -0.39 is 9.05 Å². The SMILES string of the molecule is COCc1ccc(OC)c(OC)c1CS(=O)(=O)Cl. The van der Waals surface area contributed by atoms with Crippen LogP contribution in [0.4, 0.5) is 0 Å². The molecule has 0 heterocycles. The van der Waals surface area contributed by atoms with Crippen molar-refractivity contribution in [3.8, 4) is 11.5 Å². The van der Waals surface area contributed by atoms with Gasteiger partial charge in [-0.25, -0.2) is 8.42 Å². The Balaban J connectivity index is 3.37. The van der Waals surface area contributed by atoms with E-state index in [0.717, 1.165) is 0 Å². The molecule has 0 spiro atoms. The Morgan fingerprint density at radius 2 is 1.83 bits per heavy atom. The largest absolute Gasteiger partial charge is 0.493 e. The zero-order valence-electron chi connectivity index (χ0n) is 10.4. The van der Waals surface area contributed by atoms with E-state index in [1.165, 1.54) is 21.3 Å².